The van der Waals surface area contributed by atoms with E-state index in [2.05, 4.69) is 22.4 Å². The smallest absolute Gasteiger partial charge is 0.326 e. The van der Waals surface area contributed by atoms with Crippen LogP contribution in [0.3, 0.4) is 0 Å². The summed E-state index contributed by atoms with van der Waals surface area (Å²) >= 11 is 0. The van der Waals surface area contributed by atoms with Gasteiger partial charge in [-0.3, -0.25) is 14.8 Å². The maximum Gasteiger partial charge on any atom is 0.326 e. The van der Waals surface area contributed by atoms with Crippen LogP contribution < -0.4 is 5.32 Å². The lowest BCUT2D eigenvalue weighted by atomic mass is 9.95. The molecule has 0 aromatic carbocycles. The van der Waals surface area contributed by atoms with E-state index in [4.69, 9.17) is 9.72 Å². The van der Waals surface area contributed by atoms with Crippen molar-refractivity contribution in [3.8, 4) is 0 Å². The van der Waals surface area contributed by atoms with Crippen LogP contribution in [0, 0.1) is 5.82 Å². The molecule has 8 heteroatoms. The molecule has 7 nitrogen and oxygen atoms in total. The van der Waals surface area contributed by atoms with Crippen molar-refractivity contribution in [3.63, 3.8) is 0 Å². The van der Waals surface area contributed by atoms with E-state index in [-0.39, 0.29) is 18.6 Å². The highest BCUT2D eigenvalue weighted by molar-refractivity contribution is 5.98. The van der Waals surface area contributed by atoms with Gasteiger partial charge in [0, 0.05) is 37.2 Å². The Morgan fingerprint density at radius 3 is 2.79 bits per heavy atom. The zero-order valence-electron chi connectivity index (χ0n) is 19.1. The van der Waals surface area contributed by atoms with Crippen molar-refractivity contribution in [1.82, 2.24) is 15.3 Å². The van der Waals surface area contributed by atoms with Gasteiger partial charge in [-0.25, -0.2) is 9.18 Å². The quantitative estimate of drug-likeness (QED) is 0.472. The number of aromatic nitrogens is 2. The van der Waals surface area contributed by atoms with Crippen LogP contribution in [-0.4, -0.2) is 46.2 Å². The molecule has 2 aromatic heterocycles. The van der Waals surface area contributed by atoms with Gasteiger partial charge in [0.25, 0.3) is 5.91 Å². The molecular weight excluding hydrogens is 425 g/mol. The molecular formula is C25H32FN3O4. The van der Waals surface area contributed by atoms with Crippen molar-refractivity contribution >= 4 is 11.9 Å². The third kappa shape index (κ3) is 7.05. The zero-order valence-corrected chi connectivity index (χ0v) is 19.1. The van der Waals surface area contributed by atoms with E-state index in [1.165, 1.54) is 30.3 Å². The lowest BCUT2D eigenvalue weighted by molar-refractivity contribution is -0.139. The monoisotopic (exact) mass is 457 g/mol. The van der Waals surface area contributed by atoms with E-state index in [1.54, 1.807) is 6.92 Å². The lowest BCUT2D eigenvalue weighted by Crippen LogP contribution is -2.42. The number of carboxylic acids is 1. The number of halogens is 1. The Balaban J connectivity index is 1.38. The van der Waals surface area contributed by atoms with Crippen molar-refractivity contribution in [2.45, 2.75) is 70.8 Å². The van der Waals surface area contributed by atoms with Gasteiger partial charge in [0.15, 0.2) is 5.82 Å². The van der Waals surface area contributed by atoms with E-state index in [0.717, 1.165) is 44.0 Å². The molecule has 178 valence electrons. The predicted molar refractivity (Wildman–Crippen MR) is 122 cm³/mol. The first-order valence-corrected chi connectivity index (χ1v) is 11.7. The largest absolute Gasteiger partial charge is 0.480 e. The SMILES string of the molecule is CCc1cncc(F)c1C(=O)NC(CCOCCCCc1ccc2c(n1)CCCC2)C(=O)O. The lowest BCUT2D eigenvalue weighted by Gasteiger charge is -2.16. The second kappa shape index (κ2) is 12.4. The number of unbranched alkanes of at least 4 members (excludes halogenated alkanes) is 1. The standard InChI is InChI=1S/C25H32FN3O4/c1-2-17-15-27-16-20(26)23(17)24(30)29-22(25(31)32)12-14-33-13-6-5-8-19-11-10-18-7-3-4-9-21(18)28-19/h10-11,15-16,22H,2-9,12-14H2,1H3,(H,29,30)(H,31,32). The average molecular weight is 458 g/mol. The highest BCUT2D eigenvalue weighted by Crippen LogP contribution is 2.20. The van der Waals surface area contributed by atoms with Gasteiger partial charge in [0.05, 0.1) is 11.8 Å². The number of carbonyl (C=O) groups is 2. The van der Waals surface area contributed by atoms with Crippen molar-refractivity contribution < 1.29 is 23.8 Å². The number of hydrogen-bond acceptors (Lipinski definition) is 5. The first kappa shape index (κ1) is 24.8. The number of carboxylic acid groups (broad SMARTS) is 1. The molecule has 1 aliphatic carbocycles. The summed E-state index contributed by atoms with van der Waals surface area (Å²) < 4.78 is 19.6. The van der Waals surface area contributed by atoms with Gasteiger partial charge in [-0.15, -0.1) is 0 Å². The molecule has 2 aromatic rings. The number of rotatable bonds is 12. The number of amides is 1. The van der Waals surface area contributed by atoms with E-state index in [1.807, 2.05) is 0 Å². The first-order chi connectivity index (χ1) is 16.0. The third-order valence-electron chi connectivity index (χ3n) is 5.95. The molecule has 2 heterocycles. The molecule has 1 unspecified atom stereocenters. The van der Waals surface area contributed by atoms with Crippen LogP contribution >= 0.6 is 0 Å². The summed E-state index contributed by atoms with van der Waals surface area (Å²) in [6.45, 7) is 2.47. The summed E-state index contributed by atoms with van der Waals surface area (Å²) in [5, 5.41) is 11.8. The van der Waals surface area contributed by atoms with Gasteiger partial charge >= 0.3 is 5.97 Å². The second-order valence-corrected chi connectivity index (χ2v) is 8.35. The number of ether oxygens (including phenoxy) is 1. The molecule has 2 N–H and O–H groups in total. The van der Waals surface area contributed by atoms with Crippen LogP contribution in [0.4, 0.5) is 4.39 Å². The highest BCUT2D eigenvalue weighted by atomic mass is 19.1. The zero-order chi connectivity index (χ0) is 23.6. The van der Waals surface area contributed by atoms with Gasteiger partial charge in [-0.2, -0.15) is 0 Å². The van der Waals surface area contributed by atoms with Gasteiger partial charge in [-0.05, 0) is 68.6 Å². The maximum absolute atomic E-state index is 14.1. The summed E-state index contributed by atoms with van der Waals surface area (Å²) in [7, 11) is 0. The normalized spacial score (nSPS) is 13.9. The fraction of sp³-hybridized carbons (Fsp3) is 0.520. The summed E-state index contributed by atoms with van der Waals surface area (Å²) in [5.74, 6) is -2.70. The summed E-state index contributed by atoms with van der Waals surface area (Å²) in [6, 6.07) is 3.16. The minimum absolute atomic E-state index is 0.0988. The molecule has 1 aliphatic rings. The minimum atomic E-state index is -1.18. The molecule has 0 saturated heterocycles. The Morgan fingerprint density at radius 1 is 1.18 bits per heavy atom. The number of carbonyl (C=O) groups excluding carboxylic acids is 1. The Bertz CT molecular complexity index is 967. The van der Waals surface area contributed by atoms with Crippen LogP contribution in [0.15, 0.2) is 24.5 Å². The molecule has 3 rings (SSSR count). The molecule has 0 radical (unpaired) electrons. The summed E-state index contributed by atoms with van der Waals surface area (Å²) in [4.78, 5) is 32.5. The van der Waals surface area contributed by atoms with E-state index in [0.29, 0.717) is 18.6 Å². The number of aryl methyl sites for hydroxylation is 4. The van der Waals surface area contributed by atoms with Crippen LogP contribution in [0.2, 0.25) is 0 Å². The van der Waals surface area contributed by atoms with E-state index >= 15 is 0 Å². The van der Waals surface area contributed by atoms with Crippen LogP contribution in [0.1, 0.15) is 71.9 Å². The van der Waals surface area contributed by atoms with E-state index in [9.17, 15) is 19.1 Å². The molecule has 0 bridgehead atoms. The predicted octanol–water partition coefficient (Wildman–Crippen LogP) is 3.67. The average Bonchev–Trinajstić information content (AvgIpc) is 2.82. The van der Waals surface area contributed by atoms with Gasteiger partial charge < -0.3 is 15.2 Å². The minimum Gasteiger partial charge on any atom is -0.480 e. The summed E-state index contributed by atoms with van der Waals surface area (Å²) in [6.07, 6.45) is 10.2. The van der Waals surface area contributed by atoms with Crippen molar-refractivity contribution in [2.75, 3.05) is 13.2 Å². The number of aliphatic carboxylic acids is 1. The van der Waals surface area contributed by atoms with Gasteiger partial charge in [0.1, 0.15) is 6.04 Å². The van der Waals surface area contributed by atoms with Crippen LogP contribution in [0.25, 0.3) is 0 Å². The Morgan fingerprint density at radius 2 is 2.00 bits per heavy atom. The molecule has 0 aliphatic heterocycles. The number of pyridine rings is 2. The van der Waals surface area contributed by atoms with Crippen LogP contribution in [0.5, 0.6) is 0 Å². The number of hydrogen-bond donors (Lipinski definition) is 2. The third-order valence-corrected chi connectivity index (χ3v) is 5.95. The van der Waals surface area contributed by atoms with Crippen molar-refractivity contribution in [1.29, 1.82) is 0 Å². The van der Waals surface area contributed by atoms with E-state index < -0.39 is 23.7 Å². The number of fused-ring (bicyclic) bond motifs is 1. The van der Waals surface area contributed by atoms with Crippen molar-refractivity contribution in [3.05, 3.63) is 58.4 Å². The second-order valence-electron chi connectivity index (χ2n) is 8.35. The fourth-order valence-electron chi connectivity index (χ4n) is 4.07. The molecule has 33 heavy (non-hydrogen) atoms. The topological polar surface area (TPSA) is 101 Å². The molecule has 0 fully saturated rings. The van der Waals surface area contributed by atoms with Gasteiger partial charge in [-0.1, -0.05) is 13.0 Å². The first-order valence-electron chi connectivity index (χ1n) is 11.7. The highest BCUT2D eigenvalue weighted by Gasteiger charge is 2.24. The maximum atomic E-state index is 14.1. The summed E-state index contributed by atoms with van der Waals surface area (Å²) in [5.41, 5.74) is 4.01. The van der Waals surface area contributed by atoms with Crippen molar-refractivity contribution in [2.24, 2.45) is 0 Å². The van der Waals surface area contributed by atoms with Crippen LogP contribution in [-0.2, 0) is 35.2 Å². The molecule has 0 spiro atoms. The number of nitrogens with zero attached hydrogens (tertiary/aromatic N) is 2. The molecule has 1 atom stereocenters. The molecule has 1 amide bonds. The van der Waals surface area contributed by atoms with Gasteiger partial charge in [0.2, 0.25) is 0 Å². The fourth-order valence-corrected chi connectivity index (χ4v) is 4.07. The molecule has 0 saturated carbocycles. The Kier molecular flexibility index (Phi) is 9.30. The Labute approximate surface area is 193 Å². The Hall–Kier alpha value is -2.87. The number of nitrogens with one attached hydrogen (secondary N) is 1.